The Morgan fingerprint density at radius 2 is 1.96 bits per heavy atom. The van der Waals surface area contributed by atoms with Crippen LogP contribution in [0.5, 0.6) is 0 Å². The second-order valence-electron chi connectivity index (χ2n) is 6.71. The summed E-state index contributed by atoms with van der Waals surface area (Å²) in [6.07, 6.45) is 2.04. The van der Waals surface area contributed by atoms with Crippen LogP contribution in [0.1, 0.15) is 39.2 Å². The highest BCUT2D eigenvalue weighted by Gasteiger charge is 2.39. The monoisotopic (exact) mass is 364 g/mol. The van der Waals surface area contributed by atoms with E-state index in [1.165, 1.54) is 11.2 Å². The molecular weight excluding hydrogens is 344 g/mol. The zero-order valence-electron chi connectivity index (χ0n) is 15.1. The molecule has 0 unspecified atom stereocenters. The number of benzene rings is 1. The third-order valence-electron chi connectivity index (χ3n) is 5.10. The van der Waals surface area contributed by atoms with Crippen LogP contribution in [0.2, 0.25) is 0 Å². The lowest BCUT2D eigenvalue weighted by Gasteiger charge is -2.32. The molecule has 1 amide bonds. The Kier molecular flexibility index (Phi) is 4.07. The van der Waals surface area contributed by atoms with E-state index in [9.17, 15) is 14.7 Å². The van der Waals surface area contributed by atoms with Crippen LogP contribution < -0.4 is 0 Å². The Bertz CT molecular complexity index is 1020. The molecule has 4 rings (SSSR count). The molecule has 0 saturated carbocycles. The average Bonchev–Trinajstić information content (AvgIpc) is 3.24. The second-order valence-corrected chi connectivity index (χ2v) is 6.71. The van der Waals surface area contributed by atoms with Gasteiger partial charge in [-0.05, 0) is 32.0 Å². The van der Waals surface area contributed by atoms with E-state index in [-0.39, 0.29) is 5.91 Å². The average molecular weight is 364 g/mol. The van der Waals surface area contributed by atoms with E-state index in [1.807, 2.05) is 54.8 Å². The molecule has 0 bridgehead atoms. The Morgan fingerprint density at radius 3 is 2.67 bits per heavy atom. The number of para-hydroxylation sites is 1. The maximum atomic E-state index is 13.3. The first-order valence-electron chi connectivity index (χ1n) is 8.79. The van der Waals surface area contributed by atoms with Crippen molar-refractivity contribution in [2.45, 2.75) is 26.3 Å². The Hall–Kier alpha value is -3.35. The molecular formula is C20H20N4O3. The standard InChI is InChI=1S/C20H20N4O3/c1-12-10-15(13(2)24(12)14-6-4-3-5-7-14)19(25)23-9-8-16-17(22-11-21-16)18(23)20(26)27/h3-7,10-11,18H,8-9H2,1-2H3,(H,21,22)(H,26,27)/t18-/m1/s1. The lowest BCUT2D eigenvalue weighted by atomic mass is 10.0. The summed E-state index contributed by atoms with van der Waals surface area (Å²) in [4.78, 5) is 33.7. The highest BCUT2D eigenvalue weighted by Crippen LogP contribution is 2.31. The predicted octanol–water partition coefficient (Wildman–Crippen LogP) is 2.64. The van der Waals surface area contributed by atoms with Gasteiger partial charge in [0.1, 0.15) is 0 Å². The van der Waals surface area contributed by atoms with Crippen LogP contribution in [0, 0.1) is 13.8 Å². The van der Waals surface area contributed by atoms with Crippen LogP contribution in [0.15, 0.2) is 42.7 Å². The first-order valence-corrected chi connectivity index (χ1v) is 8.79. The molecule has 1 aromatic carbocycles. The summed E-state index contributed by atoms with van der Waals surface area (Å²) in [5.41, 5.74) is 4.39. The molecule has 1 aliphatic rings. The lowest BCUT2D eigenvalue weighted by molar-refractivity contribution is -0.143. The van der Waals surface area contributed by atoms with E-state index in [1.54, 1.807) is 0 Å². The number of hydrogen-bond acceptors (Lipinski definition) is 3. The topological polar surface area (TPSA) is 91.2 Å². The molecule has 0 spiro atoms. The minimum Gasteiger partial charge on any atom is -0.479 e. The van der Waals surface area contributed by atoms with E-state index < -0.39 is 12.0 Å². The van der Waals surface area contributed by atoms with Crippen molar-refractivity contribution < 1.29 is 14.7 Å². The largest absolute Gasteiger partial charge is 0.479 e. The van der Waals surface area contributed by atoms with Crippen molar-refractivity contribution in [1.29, 1.82) is 0 Å². The Morgan fingerprint density at radius 1 is 1.22 bits per heavy atom. The van der Waals surface area contributed by atoms with Crippen LogP contribution in [0.3, 0.4) is 0 Å². The van der Waals surface area contributed by atoms with Crippen molar-refractivity contribution in [3.05, 3.63) is 71.1 Å². The molecule has 7 nitrogen and oxygen atoms in total. The summed E-state index contributed by atoms with van der Waals surface area (Å²) in [5.74, 6) is -1.36. The van der Waals surface area contributed by atoms with Gasteiger partial charge in [0.05, 0.1) is 17.6 Å². The number of aliphatic carboxylic acids is 1. The van der Waals surface area contributed by atoms with Gasteiger partial charge in [0.15, 0.2) is 6.04 Å². The number of carboxylic acids is 1. The summed E-state index contributed by atoms with van der Waals surface area (Å²) < 4.78 is 2.01. The van der Waals surface area contributed by atoms with E-state index >= 15 is 0 Å². The van der Waals surface area contributed by atoms with Crippen molar-refractivity contribution in [1.82, 2.24) is 19.4 Å². The molecule has 3 heterocycles. The van der Waals surface area contributed by atoms with Gasteiger partial charge < -0.3 is 19.6 Å². The molecule has 1 atom stereocenters. The van der Waals surface area contributed by atoms with Crippen LogP contribution in [-0.2, 0) is 11.2 Å². The van der Waals surface area contributed by atoms with Gasteiger partial charge >= 0.3 is 5.97 Å². The van der Waals surface area contributed by atoms with Crippen molar-refractivity contribution in [2.75, 3.05) is 6.54 Å². The van der Waals surface area contributed by atoms with Gasteiger partial charge in [-0.2, -0.15) is 0 Å². The SMILES string of the molecule is Cc1cc(C(=O)N2CCc3[nH]cnc3[C@@H]2C(=O)O)c(C)n1-c1ccccc1. The number of fused-ring (bicyclic) bond motifs is 1. The zero-order chi connectivity index (χ0) is 19.1. The normalized spacial score (nSPS) is 16.2. The predicted molar refractivity (Wildman–Crippen MR) is 98.9 cm³/mol. The lowest BCUT2D eigenvalue weighted by Crippen LogP contribution is -2.43. The highest BCUT2D eigenvalue weighted by molar-refractivity contribution is 5.98. The number of aryl methyl sites for hydroxylation is 1. The first kappa shape index (κ1) is 17.1. The van der Waals surface area contributed by atoms with Gasteiger partial charge in [-0.25, -0.2) is 9.78 Å². The maximum absolute atomic E-state index is 13.3. The van der Waals surface area contributed by atoms with E-state index in [2.05, 4.69) is 9.97 Å². The smallest absolute Gasteiger partial charge is 0.332 e. The molecule has 0 radical (unpaired) electrons. The molecule has 1 aliphatic heterocycles. The number of rotatable bonds is 3. The minimum atomic E-state index is -1.08. The molecule has 2 N–H and O–H groups in total. The van der Waals surface area contributed by atoms with Gasteiger partial charge in [0.25, 0.3) is 5.91 Å². The van der Waals surface area contributed by atoms with Gasteiger partial charge in [-0.15, -0.1) is 0 Å². The third kappa shape index (κ3) is 2.71. The molecule has 3 aromatic rings. The first-order chi connectivity index (χ1) is 13.0. The maximum Gasteiger partial charge on any atom is 0.332 e. The minimum absolute atomic E-state index is 0.286. The number of aromatic amines is 1. The number of amides is 1. The molecule has 7 heteroatoms. The summed E-state index contributed by atoms with van der Waals surface area (Å²) in [7, 11) is 0. The second kappa shape index (κ2) is 6.42. The number of nitrogens with one attached hydrogen (secondary N) is 1. The van der Waals surface area contributed by atoms with Crippen LogP contribution >= 0.6 is 0 Å². The number of carboxylic acid groups (broad SMARTS) is 1. The fraction of sp³-hybridized carbons (Fsp3) is 0.250. The Labute approximate surface area is 156 Å². The Balaban J connectivity index is 1.75. The quantitative estimate of drug-likeness (QED) is 0.747. The molecule has 138 valence electrons. The molecule has 0 aliphatic carbocycles. The number of carbonyl (C=O) groups is 2. The summed E-state index contributed by atoms with van der Waals surface area (Å²) in [6, 6.07) is 10.5. The molecule has 27 heavy (non-hydrogen) atoms. The fourth-order valence-corrected chi connectivity index (χ4v) is 3.85. The number of carbonyl (C=O) groups excluding carboxylic acids is 1. The highest BCUT2D eigenvalue weighted by atomic mass is 16.4. The number of aromatic nitrogens is 3. The van der Waals surface area contributed by atoms with Crippen molar-refractivity contribution >= 4 is 11.9 Å². The number of H-pyrrole nitrogens is 1. The molecule has 0 fully saturated rings. The summed E-state index contributed by atoms with van der Waals surface area (Å²) >= 11 is 0. The van der Waals surface area contributed by atoms with E-state index in [0.29, 0.717) is 24.2 Å². The number of imidazole rings is 1. The van der Waals surface area contributed by atoms with Crippen molar-refractivity contribution in [3.8, 4) is 5.69 Å². The molecule has 2 aromatic heterocycles. The van der Waals surface area contributed by atoms with E-state index in [4.69, 9.17) is 0 Å². The number of hydrogen-bond donors (Lipinski definition) is 2. The van der Waals surface area contributed by atoms with Crippen molar-refractivity contribution in [2.24, 2.45) is 0 Å². The summed E-state index contributed by atoms with van der Waals surface area (Å²) in [6.45, 7) is 4.15. The van der Waals surface area contributed by atoms with Gasteiger partial charge in [0, 0.05) is 35.7 Å². The summed E-state index contributed by atoms with van der Waals surface area (Å²) in [5, 5.41) is 9.72. The van der Waals surface area contributed by atoms with Crippen LogP contribution in [0.25, 0.3) is 5.69 Å². The number of nitrogens with zero attached hydrogens (tertiary/aromatic N) is 3. The van der Waals surface area contributed by atoms with Gasteiger partial charge in [-0.1, -0.05) is 18.2 Å². The third-order valence-corrected chi connectivity index (χ3v) is 5.10. The van der Waals surface area contributed by atoms with Crippen LogP contribution in [0.4, 0.5) is 0 Å². The van der Waals surface area contributed by atoms with E-state index in [0.717, 1.165) is 22.8 Å². The van der Waals surface area contributed by atoms with Crippen LogP contribution in [-0.4, -0.2) is 43.0 Å². The molecule has 0 saturated heterocycles. The van der Waals surface area contributed by atoms with Gasteiger partial charge in [0.2, 0.25) is 0 Å². The fourth-order valence-electron chi connectivity index (χ4n) is 3.85. The van der Waals surface area contributed by atoms with Crippen molar-refractivity contribution in [3.63, 3.8) is 0 Å². The van der Waals surface area contributed by atoms with Gasteiger partial charge in [-0.3, -0.25) is 4.79 Å². The zero-order valence-corrected chi connectivity index (χ0v) is 15.1.